The second-order valence-corrected chi connectivity index (χ2v) is 21.0. The normalized spacial score (nSPS) is 15.8. The number of aliphatic carboxylic acids is 2. The molecule has 0 radical (unpaired) electrons. The highest BCUT2D eigenvalue weighted by molar-refractivity contribution is 6.00. The summed E-state index contributed by atoms with van der Waals surface area (Å²) in [5, 5.41) is 63.0. The van der Waals surface area contributed by atoms with E-state index in [1.54, 1.807) is 41.5 Å². The predicted octanol–water partition coefficient (Wildman–Crippen LogP) is -5.07. The number of carbonyl (C=O) groups is 13. The molecule has 0 aromatic carbocycles. The monoisotopic (exact) mass is 1140 g/mol. The maximum Gasteiger partial charge on any atom is 0.326 e. The molecule has 80 heavy (non-hydrogen) atoms. The molecule has 0 heterocycles. The molecular formula is C50H89N13O17. The zero-order chi connectivity index (χ0) is 61.7. The van der Waals surface area contributed by atoms with Crippen LogP contribution in [0.3, 0.4) is 0 Å². The van der Waals surface area contributed by atoms with Gasteiger partial charge in [-0.25, -0.2) is 4.79 Å². The van der Waals surface area contributed by atoms with Crippen molar-refractivity contribution in [1.29, 1.82) is 0 Å². The molecular weight excluding hydrogens is 1050 g/mol. The van der Waals surface area contributed by atoms with Gasteiger partial charge in [0.1, 0.15) is 54.4 Å². The van der Waals surface area contributed by atoms with Gasteiger partial charge in [-0.15, -0.1) is 0 Å². The Hall–Kier alpha value is -7.05. The summed E-state index contributed by atoms with van der Waals surface area (Å²) in [6, 6.07) is -15.1. The number of unbranched alkanes of at least 4 members (excludes halogenated alkanes) is 1. The van der Waals surface area contributed by atoms with Gasteiger partial charge >= 0.3 is 11.9 Å². The summed E-state index contributed by atoms with van der Waals surface area (Å²) in [5.41, 5.74) is 16.9. The van der Waals surface area contributed by atoms with Gasteiger partial charge in [0, 0.05) is 0 Å². The Morgan fingerprint density at radius 2 is 0.950 bits per heavy atom. The summed E-state index contributed by atoms with van der Waals surface area (Å²) in [7, 11) is 0. The number of primary amides is 1. The van der Waals surface area contributed by atoms with E-state index in [1.165, 1.54) is 13.8 Å². The maximum absolute atomic E-state index is 14.0. The number of hydrogen-bond acceptors (Lipinski definition) is 17. The molecule has 0 unspecified atom stereocenters. The molecule has 0 saturated carbocycles. The molecule has 0 aromatic heterocycles. The molecule has 30 nitrogen and oxygen atoms in total. The first-order valence-corrected chi connectivity index (χ1v) is 26.7. The molecule has 0 spiro atoms. The fourth-order valence-electron chi connectivity index (χ4n) is 7.66. The van der Waals surface area contributed by atoms with Crippen LogP contribution in [0.4, 0.5) is 0 Å². The van der Waals surface area contributed by atoms with Crippen molar-refractivity contribution in [2.45, 2.75) is 194 Å². The number of aliphatic hydroxyl groups excluding tert-OH is 2. The van der Waals surface area contributed by atoms with E-state index < -0.39 is 175 Å². The Morgan fingerprint density at radius 3 is 1.45 bits per heavy atom. The first-order chi connectivity index (χ1) is 37.2. The summed E-state index contributed by atoms with van der Waals surface area (Å²) < 4.78 is 0. The number of rotatable bonds is 39. The zero-order valence-corrected chi connectivity index (χ0v) is 47.5. The molecule has 0 saturated heterocycles. The highest BCUT2D eigenvalue weighted by Gasteiger charge is 2.36. The number of carboxylic acids is 2. The van der Waals surface area contributed by atoms with Gasteiger partial charge in [0.05, 0.1) is 38.1 Å². The molecule has 20 N–H and O–H groups in total. The quantitative estimate of drug-likeness (QED) is 0.0256. The number of amides is 11. The van der Waals surface area contributed by atoms with Gasteiger partial charge in [-0.2, -0.15) is 0 Å². The van der Waals surface area contributed by atoms with Crippen LogP contribution in [0.5, 0.6) is 0 Å². The lowest BCUT2D eigenvalue weighted by molar-refractivity contribution is -0.143. The van der Waals surface area contributed by atoms with Crippen molar-refractivity contribution < 1.29 is 82.8 Å². The average molecular weight is 1140 g/mol. The van der Waals surface area contributed by atoms with E-state index in [9.17, 15) is 82.8 Å². The van der Waals surface area contributed by atoms with Crippen LogP contribution in [0.25, 0.3) is 0 Å². The Labute approximate surface area is 465 Å². The van der Waals surface area contributed by atoms with Crippen molar-refractivity contribution >= 4 is 76.9 Å². The fraction of sp³-hybridized carbons (Fsp3) is 0.740. The molecule has 0 aromatic rings. The molecule has 0 aliphatic rings. The second kappa shape index (κ2) is 37.0. The van der Waals surface area contributed by atoms with Gasteiger partial charge in [0.15, 0.2) is 0 Å². The van der Waals surface area contributed by atoms with Crippen LogP contribution in [0, 0.1) is 23.7 Å². The van der Waals surface area contributed by atoms with Crippen LogP contribution in [0.2, 0.25) is 0 Å². The lowest BCUT2D eigenvalue weighted by Gasteiger charge is -2.28. The van der Waals surface area contributed by atoms with Crippen molar-refractivity contribution in [3.8, 4) is 0 Å². The zero-order valence-electron chi connectivity index (χ0n) is 47.5. The van der Waals surface area contributed by atoms with E-state index >= 15 is 0 Å². The van der Waals surface area contributed by atoms with Gasteiger partial charge in [0.25, 0.3) is 0 Å². The second-order valence-electron chi connectivity index (χ2n) is 21.0. The standard InChI is InChI=1S/C50H89N13O17/c1-11-26(8)39(48(77)60-34(50(79)80)18-25(6)7)62-37(67)21-54-43(72)35(22-64)61-47(76)33(20-38(68)69)58-44(73)30(14-12-13-15-51)56-46(75)31(17-24(4)5)57-41(70)27(9)55-45(74)32(19-36(53)66)59-49(78)40(28(10)65)63-42(71)29(52)16-23(2)3/h23-35,39-40,64-65H,11-22,51-52H2,1-10H3,(H2,53,66)(H,54,72)(H,55,74)(H,56,75)(H,57,70)(H,58,73)(H,59,78)(H,60,77)(H,61,76)(H,62,67)(H,63,71)(H,68,69)(H,79,80)/t26-,27-,28+,29-,30-,31-,32-,33-,34-,35-,39-,40-/m0/s1. The number of nitrogens with one attached hydrogen (secondary N) is 10. The Kier molecular flexibility index (Phi) is 33.7. The van der Waals surface area contributed by atoms with Crippen LogP contribution < -0.4 is 70.4 Å². The summed E-state index contributed by atoms with van der Waals surface area (Å²) in [4.78, 5) is 169. The van der Waals surface area contributed by atoms with E-state index in [1.807, 2.05) is 13.8 Å². The van der Waals surface area contributed by atoms with Crippen LogP contribution in [0.1, 0.15) is 127 Å². The first-order valence-electron chi connectivity index (χ1n) is 26.7. The largest absolute Gasteiger partial charge is 0.481 e. The Bertz CT molecular complexity index is 2130. The maximum atomic E-state index is 14.0. The molecule has 0 rings (SSSR count). The lowest BCUT2D eigenvalue weighted by Crippen LogP contribution is -2.61. The summed E-state index contributed by atoms with van der Waals surface area (Å²) >= 11 is 0. The average Bonchev–Trinajstić information content (AvgIpc) is 3.35. The predicted molar refractivity (Wildman–Crippen MR) is 287 cm³/mol. The van der Waals surface area contributed by atoms with Crippen LogP contribution in [0.15, 0.2) is 0 Å². The number of carbonyl (C=O) groups excluding carboxylic acids is 11. The third kappa shape index (κ3) is 28.2. The molecule has 0 fully saturated rings. The topological polar surface area (TPSA) is 501 Å². The highest BCUT2D eigenvalue weighted by atomic mass is 16.4. The van der Waals surface area contributed by atoms with Gasteiger partial charge in [-0.05, 0) is 82.6 Å². The number of aliphatic hydroxyl groups is 2. The van der Waals surface area contributed by atoms with Gasteiger partial charge in [0.2, 0.25) is 65.0 Å². The molecule has 0 aliphatic carbocycles. The van der Waals surface area contributed by atoms with Gasteiger partial charge in [-0.3, -0.25) is 57.5 Å². The summed E-state index contributed by atoms with van der Waals surface area (Å²) in [6.45, 7) is 14.6. The smallest absolute Gasteiger partial charge is 0.326 e. The SMILES string of the molecule is CC[C@H](C)[C@H](NC(=O)CNC(=O)[C@H](CO)NC(=O)[C@H](CC(=O)O)NC(=O)[C@H](CCCCN)NC(=O)[C@H](CC(C)C)NC(=O)[C@H](C)NC(=O)[C@H](CC(N)=O)NC(=O)[C@@H](NC(=O)[C@@H](N)CC(C)C)[C@@H](C)O)C(=O)N[C@@H](CC(C)C)C(=O)O. The summed E-state index contributed by atoms with van der Waals surface area (Å²) in [6.07, 6.45) is -2.30. The van der Waals surface area contributed by atoms with Gasteiger partial charge in [-0.1, -0.05) is 61.8 Å². The number of carboxylic acid groups (broad SMARTS) is 2. The van der Waals surface area contributed by atoms with E-state index in [-0.39, 0.29) is 56.4 Å². The van der Waals surface area contributed by atoms with Crippen LogP contribution in [-0.2, 0) is 62.3 Å². The lowest BCUT2D eigenvalue weighted by atomic mass is 9.97. The van der Waals surface area contributed by atoms with Crippen molar-refractivity contribution in [2.24, 2.45) is 40.9 Å². The Morgan fingerprint density at radius 1 is 0.487 bits per heavy atom. The molecule has 456 valence electrons. The van der Waals surface area contributed by atoms with Crippen molar-refractivity contribution in [3.05, 3.63) is 0 Å². The minimum Gasteiger partial charge on any atom is -0.481 e. The summed E-state index contributed by atoms with van der Waals surface area (Å²) in [5.74, 6) is -14.9. The first kappa shape index (κ1) is 73.0. The Balaban J connectivity index is 6.30. The molecule has 30 heteroatoms. The molecule has 0 aliphatic heterocycles. The van der Waals surface area contributed by atoms with E-state index in [0.29, 0.717) is 12.8 Å². The van der Waals surface area contributed by atoms with Crippen molar-refractivity contribution in [3.63, 3.8) is 0 Å². The van der Waals surface area contributed by atoms with Crippen molar-refractivity contribution in [2.75, 3.05) is 19.7 Å². The van der Waals surface area contributed by atoms with E-state index in [4.69, 9.17) is 17.2 Å². The van der Waals surface area contributed by atoms with E-state index in [0.717, 1.165) is 0 Å². The molecule has 11 amide bonds. The minimum atomic E-state index is -1.94. The van der Waals surface area contributed by atoms with Crippen LogP contribution in [-0.4, -0.2) is 184 Å². The van der Waals surface area contributed by atoms with Gasteiger partial charge < -0.3 is 90.8 Å². The van der Waals surface area contributed by atoms with Crippen LogP contribution >= 0.6 is 0 Å². The fourth-order valence-corrected chi connectivity index (χ4v) is 7.66. The molecule has 0 bridgehead atoms. The minimum absolute atomic E-state index is 0.00590. The van der Waals surface area contributed by atoms with E-state index in [2.05, 4.69) is 53.2 Å². The number of hydrogen-bond donors (Lipinski definition) is 17. The molecule has 12 atom stereocenters. The highest BCUT2D eigenvalue weighted by Crippen LogP contribution is 2.13. The number of nitrogens with two attached hydrogens (primary N) is 3. The third-order valence-electron chi connectivity index (χ3n) is 12.2. The van der Waals surface area contributed by atoms with Crippen molar-refractivity contribution in [1.82, 2.24) is 53.2 Å². The third-order valence-corrected chi connectivity index (χ3v) is 12.2.